The molecule has 1 aromatic heterocycles. The Bertz CT molecular complexity index is 1230. The van der Waals surface area contributed by atoms with Crippen molar-refractivity contribution in [1.82, 2.24) is 19.3 Å². The van der Waals surface area contributed by atoms with Gasteiger partial charge in [-0.25, -0.2) is 4.39 Å². The molecule has 34 heavy (non-hydrogen) atoms. The first kappa shape index (κ1) is 22.9. The van der Waals surface area contributed by atoms with Gasteiger partial charge in [-0.2, -0.15) is 0 Å². The topological polar surface area (TPSA) is 86.1 Å². The summed E-state index contributed by atoms with van der Waals surface area (Å²) in [5, 5.41) is 10.5. The monoisotopic (exact) mass is 488 g/mol. The van der Waals surface area contributed by atoms with Gasteiger partial charge in [-0.1, -0.05) is 17.7 Å². The van der Waals surface area contributed by atoms with Gasteiger partial charge in [0.05, 0.1) is 10.6 Å². The number of hydrogen-bond acceptors (Lipinski definition) is 5. The normalized spacial score (nSPS) is 18.9. The number of aromatic hydroxyl groups is 1. The second-order valence-electron chi connectivity index (χ2n) is 9.20. The van der Waals surface area contributed by atoms with Crippen LogP contribution in [0.1, 0.15) is 44.8 Å². The number of halogens is 2. The van der Waals surface area contributed by atoms with Crippen molar-refractivity contribution in [2.45, 2.75) is 31.8 Å². The Hall–Kier alpha value is -2.91. The maximum atomic E-state index is 13.5. The minimum Gasteiger partial charge on any atom is -0.502 e. The van der Waals surface area contributed by atoms with Crippen LogP contribution in [0.3, 0.4) is 0 Å². The number of aromatic nitrogens is 1. The van der Waals surface area contributed by atoms with E-state index in [-0.39, 0.29) is 35.3 Å². The molecule has 2 fully saturated rings. The molecule has 0 unspecified atom stereocenters. The third-order valence-corrected chi connectivity index (χ3v) is 7.31. The van der Waals surface area contributed by atoms with Gasteiger partial charge in [-0.3, -0.25) is 19.3 Å². The van der Waals surface area contributed by atoms with Crippen molar-refractivity contribution >= 4 is 23.4 Å². The third-order valence-electron chi connectivity index (χ3n) is 7.02. The SMILES string of the molecule is Cn1c(C(=O)N2CCN(C3CC3)CC2)c2c(c(O)c1=O)C(=O)N(Cc1ccc(F)c(Cl)c1)CC2. The first-order valence-corrected chi connectivity index (χ1v) is 11.9. The molecule has 1 saturated heterocycles. The van der Waals surface area contributed by atoms with E-state index in [2.05, 4.69) is 4.90 Å². The van der Waals surface area contributed by atoms with Crippen LogP contribution < -0.4 is 5.56 Å². The molecule has 2 amide bonds. The van der Waals surface area contributed by atoms with E-state index < -0.39 is 23.0 Å². The molecular weight excluding hydrogens is 463 g/mol. The van der Waals surface area contributed by atoms with Crippen LogP contribution in [0.5, 0.6) is 5.75 Å². The van der Waals surface area contributed by atoms with Crippen LogP contribution in [-0.2, 0) is 20.0 Å². The summed E-state index contributed by atoms with van der Waals surface area (Å²) in [5.74, 6) is -2.04. The van der Waals surface area contributed by atoms with Gasteiger partial charge in [-0.15, -0.1) is 0 Å². The number of carbonyl (C=O) groups is 2. The quantitative estimate of drug-likeness (QED) is 0.711. The maximum absolute atomic E-state index is 13.5. The predicted octanol–water partition coefficient (Wildman–Crippen LogP) is 2.00. The lowest BCUT2D eigenvalue weighted by atomic mass is 9.95. The molecule has 0 atom stereocenters. The Morgan fingerprint density at radius 1 is 1.15 bits per heavy atom. The van der Waals surface area contributed by atoms with E-state index in [0.717, 1.165) is 17.7 Å². The van der Waals surface area contributed by atoms with Crippen LogP contribution in [0.25, 0.3) is 0 Å². The molecule has 180 valence electrons. The summed E-state index contributed by atoms with van der Waals surface area (Å²) >= 11 is 5.86. The first-order valence-electron chi connectivity index (χ1n) is 11.5. The number of piperazine rings is 1. The number of pyridine rings is 1. The van der Waals surface area contributed by atoms with E-state index in [1.807, 2.05) is 0 Å². The number of amides is 2. The lowest BCUT2D eigenvalue weighted by Gasteiger charge is -2.36. The fourth-order valence-corrected chi connectivity index (χ4v) is 5.18. The fraction of sp³-hybridized carbons (Fsp3) is 0.458. The Balaban J connectivity index is 1.44. The summed E-state index contributed by atoms with van der Waals surface area (Å²) in [6.45, 7) is 3.12. The fourth-order valence-electron chi connectivity index (χ4n) is 4.97. The third kappa shape index (κ3) is 3.96. The zero-order valence-corrected chi connectivity index (χ0v) is 19.6. The summed E-state index contributed by atoms with van der Waals surface area (Å²) in [7, 11) is 1.45. The maximum Gasteiger partial charge on any atom is 0.293 e. The molecule has 8 nitrogen and oxygen atoms in total. The van der Waals surface area contributed by atoms with E-state index >= 15 is 0 Å². The Kier molecular flexibility index (Phi) is 5.85. The van der Waals surface area contributed by atoms with Crippen molar-refractivity contribution in [1.29, 1.82) is 0 Å². The van der Waals surface area contributed by atoms with E-state index in [1.54, 1.807) is 4.90 Å². The Labute approximate surface area is 201 Å². The highest BCUT2D eigenvalue weighted by Gasteiger charge is 2.37. The first-order chi connectivity index (χ1) is 16.3. The highest BCUT2D eigenvalue weighted by Crippen LogP contribution is 2.31. The van der Waals surface area contributed by atoms with Gasteiger partial charge in [0.2, 0.25) is 0 Å². The summed E-state index contributed by atoms with van der Waals surface area (Å²) in [4.78, 5) is 45.2. The van der Waals surface area contributed by atoms with Gasteiger partial charge < -0.3 is 19.5 Å². The molecule has 3 aliphatic rings. The van der Waals surface area contributed by atoms with Gasteiger partial charge in [-0.05, 0) is 37.0 Å². The molecule has 1 N–H and O–H groups in total. The van der Waals surface area contributed by atoms with Crippen LogP contribution in [0.4, 0.5) is 4.39 Å². The minimum atomic E-state index is -0.779. The lowest BCUT2D eigenvalue weighted by Crippen LogP contribution is -2.51. The number of hydrogen-bond donors (Lipinski definition) is 1. The molecule has 2 aromatic rings. The standard InChI is InChI=1S/C24H26ClFN4O4/c1-27-20(23(33)29-10-8-28(9-11-29)15-3-4-15)16-6-7-30(22(32)19(16)21(31)24(27)34)13-14-2-5-18(26)17(25)12-14/h2,5,12,15,31H,3-4,6-11,13H2,1H3. The predicted molar refractivity (Wildman–Crippen MR) is 124 cm³/mol. The molecule has 0 bridgehead atoms. The molecule has 1 saturated carbocycles. The van der Waals surface area contributed by atoms with Gasteiger partial charge >= 0.3 is 0 Å². The van der Waals surface area contributed by atoms with Crippen molar-refractivity contribution in [2.24, 2.45) is 7.05 Å². The van der Waals surface area contributed by atoms with Crippen molar-refractivity contribution in [3.63, 3.8) is 0 Å². The average Bonchev–Trinajstić information content (AvgIpc) is 3.67. The minimum absolute atomic E-state index is 0.0475. The van der Waals surface area contributed by atoms with E-state index in [0.29, 0.717) is 36.7 Å². The van der Waals surface area contributed by atoms with Crippen molar-refractivity contribution in [3.8, 4) is 5.75 Å². The largest absolute Gasteiger partial charge is 0.502 e. The van der Waals surface area contributed by atoms with Crippen LogP contribution in [-0.4, -0.2) is 75.0 Å². The Morgan fingerprint density at radius 3 is 2.50 bits per heavy atom. The summed E-state index contributed by atoms with van der Waals surface area (Å²) < 4.78 is 14.7. The summed E-state index contributed by atoms with van der Waals surface area (Å²) in [5.41, 5.74) is 0.278. The average molecular weight is 489 g/mol. The van der Waals surface area contributed by atoms with Gasteiger partial charge in [0.1, 0.15) is 11.5 Å². The molecule has 0 radical (unpaired) electrons. The van der Waals surface area contributed by atoms with Crippen molar-refractivity contribution in [3.05, 3.63) is 61.8 Å². The van der Waals surface area contributed by atoms with Gasteiger partial charge in [0.25, 0.3) is 17.4 Å². The van der Waals surface area contributed by atoms with Crippen LogP contribution in [0.2, 0.25) is 5.02 Å². The number of nitrogens with zero attached hydrogens (tertiary/aromatic N) is 4. The summed E-state index contributed by atoms with van der Waals surface area (Å²) in [6, 6.07) is 4.83. The van der Waals surface area contributed by atoms with Gasteiger partial charge in [0.15, 0.2) is 5.75 Å². The van der Waals surface area contributed by atoms with Crippen molar-refractivity contribution in [2.75, 3.05) is 32.7 Å². The number of fused-ring (bicyclic) bond motifs is 1. The number of benzene rings is 1. The molecule has 2 aliphatic heterocycles. The van der Waals surface area contributed by atoms with Crippen LogP contribution in [0.15, 0.2) is 23.0 Å². The van der Waals surface area contributed by atoms with E-state index in [9.17, 15) is 23.9 Å². The number of carbonyl (C=O) groups excluding carboxylic acids is 2. The van der Waals surface area contributed by atoms with E-state index in [4.69, 9.17) is 11.6 Å². The molecule has 1 aromatic carbocycles. The lowest BCUT2D eigenvalue weighted by molar-refractivity contribution is 0.0613. The highest BCUT2D eigenvalue weighted by molar-refractivity contribution is 6.30. The molecule has 5 rings (SSSR count). The second-order valence-corrected chi connectivity index (χ2v) is 9.61. The molecule has 1 aliphatic carbocycles. The van der Waals surface area contributed by atoms with E-state index in [1.165, 1.54) is 43.0 Å². The van der Waals surface area contributed by atoms with Crippen LogP contribution >= 0.6 is 11.6 Å². The summed E-state index contributed by atoms with van der Waals surface area (Å²) in [6.07, 6.45) is 2.72. The smallest absolute Gasteiger partial charge is 0.293 e. The van der Waals surface area contributed by atoms with Crippen LogP contribution in [0, 0.1) is 5.82 Å². The van der Waals surface area contributed by atoms with Gasteiger partial charge in [0, 0.05) is 57.9 Å². The second kappa shape index (κ2) is 8.70. The Morgan fingerprint density at radius 2 is 1.85 bits per heavy atom. The van der Waals surface area contributed by atoms with Crippen molar-refractivity contribution < 1.29 is 19.1 Å². The zero-order chi connectivity index (χ0) is 24.1. The highest BCUT2D eigenvalue weighted by atomic mass is 35.5. The number of rotatable bonds is 4. The molecular formula is C24H26ClFN4O4. The zero-order valence-electron chi connectivity index (χ0n) is 18.9. The molecule has 3 heterocycles. The molecule has 0 spiro atoms. The molecule has 10 heteroatoms.